The summed E-state index contributed by atoms with van der Waals surface area (Å²) in [7, 11) is 0. The molecule has 0 aromatic heterocycles. The number of aryl methyl sites for hydroxylation is 1. The van der Waals surface area contributed by atoms with Crippen LogP contribution in [0.5, 0.6) is 0 Å². The minimum atomic E-state index is -0.338. The number of nitrogens with zero attached hydrogens (tertiary/aromatic N) is 1. The third-order valence-corrected chi connectivity index (χ3v) is 5.50. The number of piperazine rings is 1. The zero-order valence-corrected chi connectivity index (χ0v) is 17.0. The van der Waals surface area contributed by atoms with Crippen molar-refractivity contribution in [3.8, 4) is 0 Å². The fraction of sp³-hybridized carbons (Fsp3) is 0.524. The summed E-state index contributed by atoms with van der Waals surface area (Å²) in [6, 6.07) is 7.91. The normalized spacial score (nSPS) is 20.6. The topological polar surface area (TPSA) is 75.1 Å². The number of benzene rings is 1. The van der Waals surface area contributed by atoms with E-state index in [1.54, 1.807) is 6.92 Å². The number of urea groups is 1. The number of amides is 2. The Morgan fingerprint density at radius 3 is 2.61 bits per heavy atom. The van der Waals surface area contributed by atoms with Gasteiger partial charge in [-0.3, -0.25) is 0 Å². The average molecular weight is 388 g/mol. The van der Waals surface area contributed by atoms with Crippen molar-refractivity contribution in [1.29, 1.82) is 0 Å². The predicted octanol–water partition coefficient (Wildman–Crippen LogP) is 0.609. The van der Waals surface area contributed by atoms with Crippen molar-refractivity contribution in [3.63, 3.8) is 0 Å². The SMILES string of the molecule is CCOC(=O)C1=C(C[NH+]2CCN(c3ccccc3C)CC2)NC(=O)N[C@@H]1CC. The molecular weight excluding hydrogens is 356 g/mol. The zero-order chi connectivity index (χ0) is 20.1. The van der Waals surface area contributed by atoms with E-state index in [9.17, 15) is 9.59 Å². The molecule has 28 heavy (non-hydrogen) atoms. The van der Waals surface area contributed by atoms with E-state index in [2.05, 4.69) is 46.7 Å². The van der Waals surface area contributed by atoms with E-state index in [-0.39, 0.29) is 18.0 Å². The molecule has 2 amide bonds. The van der Waals surface area contributed by atoms with E-state index < -0.39 is 0 Å². The first-order chi connectivity index (χ1) is 13.5. The first-order valence-electron chi connectivity index (χ1n) is 10.1. The van der Waals surface area contributed by atoms with Gasteiger partial charge in [-0.25, -0.2) is 9.59 Å². The lowest BCUT2D eigenvalue weighted by Crippen LogP contribution is -3.15. The highest BCUT2D eigenvalue weighted by Gasteiger charge is 2.34. The third-order valence-electron chi connectivity index (χ3n) is 5.50. The van der Waals surface area contributed by atoms with E-state index in [4.69, 9.17) is 4.74 Å². The Bertz CT molecular complexity index is 754. The van der Waals surface area contributed by atoms with Crippen LogP contribution >= 0.6 is 0 Å². The van der Waals surface area contributed by atoms with Gasteiger partial charge < -0.3 is 25.2 Å². The molecule has 0 unspecified atom stereocenters. The van der Waals surface area contributed by atoms with E-state index in [1.165, 1.54) is 16.2 Å². The van der Waals surface area contributed by atoms with Crippen molar-refractivity contribution in [2.75, 3.05) is 44.2 Å². The summed E-state index contributed by atoms with van der Waals surface area (Å²) in [5, 5.41) is 5.69. The first kappa shape index (κ1) is 20.2. The van der Waals surface area contributed by atoms with Gasteiger partial charge in [-0.1, -0.05) is 25.1 Å². The van der Waals surface area contributed by atoms with Gasteiger partial charge in [0.15, 0.2) is 0 Å². The van der Waals surface area contributed by atoms with Gasteiger partial charge >= 0.3 is 12.0 Å². The van der Waals surface area contributed by atoms with Gasteiger partial charge in [0.1, 0.15) is 6.54 Å². The van der Waals surface area contributed by atoms with Crippen molar-refractivity contribution in [2.24, 2.45) is 0 Å². The quantitative estimate of drug-likeness (QED) is 0.625. The molecule has 2 aliphatic heterocycles. The molecule has 2 heterocycles. The molecule has 0 spiro atoms. The second-order valence-corrected chi connectivity index (χ2v) is 7.37. The molecule has 3 N–H and O–H groups in total. The molecule has 3 rings (SSSR count). The number of rotatable bonds is 6. The maximum absolute atomic E-state index is 12.5. The van der Waals surface area contributed by atoms with Crippen molar-refractivity contribution < 1.29 is 19.2 Å². The van der Waals surface area contributed by atoms with Crippen LogP contribution in [-0.4, -0.2) is 57.4 Å². The molecule has 1 aromatic carbocycles. The molecule has 7 heteroatoms. The molecule has 1 saturated heterocycles. The maximum atomic E-state index is 12.5. The fourth-order valence-corrected chi connectivity index (χ4v) is 4.01. The molecular formula is C21H31N4O3+. The van der Waals surface area contributed by atoms with Crippen molar-refractivity contribution in [1.82, 2.24) is 10.6 Å². The number of carbonyl (C=O) groups excluding carboxylic acids is 2. The van der Waals surface area contributed by atoms with Gasteiger partial charge in [-0.15, -0.1) is 0 Å². The summed E-state index contributed by atoms with van der Waals surface area (Å²) in [6.45, 7) is 10.6. The van der Waals surface area contributed by atoms with Gasteiger partial charge in [0.05, 0.1) is 50.1 Å². The largest absolute Gasteiger partial charge is 0.463 e. The zero-order valence-electron chi connectivity index (χ0n) is 17.0. The van der Waals surface area contributed by atoms with Crippen LogP contribution in [0, 0.1) is 6.92 Å². The van der Waals surface area contributed by atoms with Crippen LogP contribution in [0.1, 0.15) is 25.8 Å². The van der Waals surface area contributed by atoms with Crippen molar-refractivity contribution in [2.45, 2.75) is 33.2 Å². The second-order valence-electron chi connectivity index (χ2n) is 7.37. The van der Waals surface area contributed by atoms with Crippen LogP contribution in [0.2, 0.25) is 0 Å². The van der Waals surface area contributed by atoms with Crippen LogP contribution in [0.15, 0.2) is 35.5 Å². The molecule has 0 bridgehead atoms. The van der Waals surface area contributed by atoms with Gasteiger partial charge in [0.25, 0.3) is 0 Å². The number of ether oxygens (including phenoxy) is 1. The highest BCUT2D eigenvalue weighted by molar-refractivity contribution is 5.94. The maximum Gasteiger partial charge on any atom is 0.338 e. The molecule has 1 fully saturated rings. The van der Waals surface area contributed by atoms with E-state index in [1.807, 2.05) is 6.92 Å². The lowest BCUT2D eigenvalue weighted by molar-refractivity contribution is -0.896. The standard InChI is InChI=1S/C21H30N4O3/c1-4-16-19(20(26)28-5-2)17(23-21(27)22-16)14-24-10-12-25(13-11-24)18-9-7-6-8-15(18)3/h6-9,16H,4-5,10-14H2,1-3H3,(H2,22,23,27)/p+1/t16-/m1/s1. The van der Waals surface area contributed by atoms with E-state index in [0.29, 0.717) is 30.8 Å². The minimum Gasteiger partial charge on any atom is -0.463 e. The molecule has 2 aliphatic rings. The van der Waals surface area contributed by atoms with Crippen LogP contribution in [0.4, 0.5) is 10.5 Å². The van der Waals surface area contributed by atoms with Crippen LogP contribution in [0.25, 0.3) is 0 Å². The highest BCUT2D eigenvalue weighted by Crippen LogP contribution is 2.19. The number of hydrogen-bond donors (Lipinski definition) is 3. The number of quaternary nitrogens is 1. The van der Waals surface area contributed by atoms with Crippen LogP contribution in [-0.2, 0) is 9.53 Å². The molecule has 0 saturated carbocycles. The molecule has 7 nitrogen and oxygen atoms in total. The Hall–Kier alpha value is -2.54. The second kappa shape index (κ2) is 9.10. The summed E-state index contributed by atoms with van der Waals surface area (Å²) < 4.78 is 5.25. The summed E-state index contributed by atoms with van der Waals surface area (Å²) in [6.07, 6.45) is 0.654. The number of hydrogen-bond acceptors (Lipinski definition) is 4. The Morgan fingerprint density at radius 1 is 1.25 bits per heavy atom. The Labute approximate surface area is 166 Å². The van der Waals surface area contributed by atoms with Crippen molar-refractivity contribution >= 4 is 17.7 Å². The minimum absolute atomic E-state index is 0.243. The summed E-state index contributed by atoms with van der Waals surface area (Å²) in [4.78, 5) is 28.3. The summed E-state index contributed by atoms with van der Waals surface area (Å²) in [5.41, 5.74) is 3.84. The van der Waals surface area contributed by atoms with E-state index >= 15 is 0 Å². The van der Waals surface area contributed by atoms with Crippen LogP contribution in [0.3, 0.4) is 0 Å². The molecule has 152 valence electrons. The smallest absolute Gasteiger partial charge is 0.338 e. The highest BCUT2D eigenvalue weighted by atomic mass is 16.5. The lowest BCUT2D eigenvalue weighted by Gasteiger charge is -2.36. The van der Waals surface area contributed by atoms with Gasteiger partial charge in [-0.05, 0) is 31.9 Å². The van der Waals surface area contributed by atoms with Gasteiger partial charge in [-0.2, -0.15) is 0 Å². The predicted molar refractivity (Wildman–Crippen MR) is 108 cm³/mol. The van der Waals surface area contributed by atoms with Crippen molar-refractivity contribution in [3.05, 3.63) is 41.1 Å². The molecule has 0 aliphatic carbocycles. The van der Waals surface area contributed by atoms with Gasteiger partial charge in [0, 0.05) is 5.69 Å². The third kappa shape index (κ3) is 4.47. The number of anilines is 1. The molecule has 0 radical (unpaired) electrons. The van der Waals surface area contributed by atoms with Gasteiger partial charge in [0.2, 0.25) is 0 Å². The number of para-hydroxylation sites is 1. The Morgan fingerprint density at radius 2 is 1.96 bits per heavy atom. The van der Waals surface area contributed by atoms with Crippen LogP contribution < -0.4 is 20.4 Å². The Balaban J connectivity index is 1.71. The first-order valence-corrected chi connectivity index (χ1v) is 10.1. The Kier molecular flexibility index (Phi) is 6.57. The molecule has 1 atom stereocenters. The molecule has 1 aromatic rings. The number of esters is 1. The number of carbonyl (C=O) groups is 2. The average Bonchev–Trinajstić information content (AvgIpc) is 2.68. The number of nitrogens with one attached hydrogen (secondary N) is 3. The monoisotopic (exact) mass is 387 g/mol. The lowest BCUT2D eigenvalue weighted by atomic mass is 10.00. The summed E-state index contributed by atoms with van der Waals surface area (Å²) >= 11 is 0. The summed E-state index contributed by atoms with van der Waals surface area (Å²) in [5.74, 6) is -0.338. The van der Waals surface area contributed by atoms with E-state index in [0.717, 1.165) is 26.2 Å². The fourth-order valence-electron chi connectivity index (χ4n) is 4.01.